The number of phenols is 1. The summed E-state index contributed by atoms with van der Waals surface area (Å²) in [6, 6.07) is 10.2. The van der Waals surface area contributed by atoms with Gasteiger partial charge in [0.1, 0.15) is 5.75 Å². The smallest absolute Gasteiger partial charge is 0.255 e. The lowest BCUT2D eigenvalue weighted by Gasteiger charge is -2.09. The molecule has 19 heavy (non-hydrogen) atoms. The van der Waals surface area contributed by atoms with Crippen molar-refractivity contribution in [2.75, 3.05) is 11.1 Å². The van der Waals surface area contributed by atoms with Crippen LogP contribution >= 0.6 is 22.6 Å². The summed E-state index contributed by atoms with van der Waals surface area (Å²) in [5, 5.41) is 12.3. The highest BCUT2D eigenvalue weighted by Gasteiger charge is 2.10. The van der Waals surface area contributed by atoms with Crippen LogP contribution in [0.3, 0.4) is 0 Å². The van der Waals surface area contributed by atoms with E-state index in [0.717, 1.165) is 5.56 Å². The average Bonchev–Trinajstić information content (AvgIpc) is 2.36. The molecule has 5 heteroatoms. The number of anilines is 2. The average molecular weight is 368 g/mol. The van der Waals surface area contributed by atoms with Gasteiger partial charge in [-0.25, -0.2) is 0 Å². The van der Waals surface area contributed by atoms with Crippen LogP contribution in [0, 0.1) is 10.5 Å². The molecule has 2 rings (SSSR count). The normalized spacial score (nSPS) is 10.2. The van der Waals surface area contributed by atoms with Gasteiger partial charge in [0.2, 0.25) is 0 Å². The van der Waals surface area contributed by atoms with Gasteiger partial charge in [0, 0.05) is 5.56 Å². The maximum Gasteiger partial charge on any atom is 0.255 e. The number of benzene rings is 2. The largest absolute Gasteiger partial charge is 0.507 e. The maximum atomic E-state index is 12.0. The van der Waals surface area contributed by atoms with Crippen molar-refractivity contribution in [1.82, 2.24) is 0 Å². The molecule has 1 amide bonds. The van der Waals surface area contributed by atoms with Gasteiger partial charge in [-0.3, -0.25) is 4.79 Å². The molecule has 0 aliphatic rings. The third-order valence-corrected chi connectivity index (χ3v) is 3.58. The van der Waals surface area contributed by atoms with E-state index < -0.39 is 0 Å². The van der Waals surface area contributed by atoms with Crippen LogP contribution in [-0.2, 0) is 0 Å². The number of halogens is 1. The molecule has 0 aromatic heterocycles. The second kappa shape index (κ2) is 5.48. The van der Waals surface area contributed by atoms with E-state index in [0.29, 0.717) is 20.5 Å². The molecule has 98 valence electrons. The molecule has 4 N–H and O–H groups in total. The SMILES string of the molecule is Cc1ccc(NC(=O)c2ccc(I)c(O)c2)c(N)c1. The van der Waals surface area contributed by atoms with E-state index >= 15 is 0 Å². The molecule has 0 aliphatic heterocycles. The summed E-state index contributed by atoms with van der Waals surface area (Å²) in [6.45, 7) is 1.93. The first-order valence-electron chi connectivity index (χ1n) is 5.63. The molecule has 0 bridgehead atoms. The Morgan fingerprint density at radius 2 is 2.00 bits per heavy atom. The lowest BCUT2D eigenvalue weighted by molar-refractivity contribution is 0.102. The Morgan fingerprint density at radius 1 is 1.26 bits per heavy atom. The summed E-state index contributed by atoms with van der Waals surface area (Å²) < 4.78 is 0.698. The fourth-order valence-electron chi connectivity index (χ4n) is 1.64. The Morgan fingerprint density at radius 3 is 2.63 bits per heavy atom. The zero-order valence-electron chi connectivity index (χ0n) is 10.3. The number of phenolic OH excluding ortho intramolecular Hbond substituents is 1. The molecule has 0 saturated heterocycles. The van der Waals surface area contributed by atoms with Crippen molar-refractivity contribution < 1.29 is 9.90 Å². The second-order valence-corrected chi connectivity index (χ2v) is 5.37. The summed E-state index contributed by atoms with van der Waals surface area (Å²) in [6.07, 6.45) is 0. The van der Waals surface area contributed by atoms with Crippen LogP contribution in [0.5, 0.6) is 5.75 Å². The van der Waals surface area contributed by atoms with E-state index in [9.17, 15) is 9.90 Å². The lowest BCUT2D eigenvalue weighted by atomic mass is 10.1. The van der Waals surface area contributed by atoms with Crippen LogP contribution in [0.1, 0.15) is 15.9 Å². The number of carbonyl (C=O) groups excluding carboxylic acids is 1. The van der Waals surface area contributed by atoms with Gasteiger partial charge in [0.15, 0.2) is 0 Å². The Balaban J connectivity index is 2.23. The van der Waals surface area contributed by atoms with Crippen molar-refractivity contribution in [2.24, 2.45) is 0 Å². The van der Waals surface area contributed by atoms with E-state index in [2.05, 4.69) is 5.32 Å². The predicted octanol–water partition coefficient (Wildman–Crippen LogP) is 3.14. The fraction of sp³-hybridized carbons (Fsp3) is 0.0714. The zero-order chi connectivity index (χ0) is 14.0. The third-order valence-electron chi connectivity index (χ3n) is 2.66. The number of nitrogen functional groups attached to an aromatic ring is 1. The monoisotopic (exact) mass is 368 g/mol. The first kappa shape index (κ1) is 13.7. The van der Waals surface area contributed by atoms with Crippen LogP contribution in [0.25, 0.3) is 0 Å². The molecule has 0 heterocycles. The highest BCUT2D eigenvalue weighted by Crippen LogP contribution is 2.23. The number of aromatic hydroxyl groups is 1. The van der Waals surface area contributed by atoms with Gasteiger partial charge in [0.25, 0.3) is 5.91 Å². The van der Waals surface area contributed by atoms with E-state index in [4.69, 9.17) is 5.73 Å². The van der Waals surface area contributed by atoms with Gasteiger partial charge in [-0.05, 0) is 65.4 Å². The first-order valence-corrected chi connectivity index (χ1v) is 6.71. The lowest BCUT2D eigenvalue weighted by Crippen LogP contribution is -2.13. The van der Waals surface area contributed by atoms with Gasteiger partial charge >= 0.3 is 0 Å². The second-order valence-electron chi connectivity index (χ2n) is 4.21. The van der Waals surface area contributed by atoms with Crippen LogP contribution in [0.2, 0.25) is 0 Å². The summed E-state index contributed by atoms with van der Waals surface area (Å²) in [7, 11) is 0. The van der Waals surface area contributed by atoms with E-state index in [1.807, 2.05) is 35.6 Å². The van der Waals surface area contributed by atoms with Crippen molar-refractivity contribution in [1.29, 1.82) is 0 Å². The van der Waals surface area contributed by atoms with Gasteiger partial charge in [-0.15, -0.1) is 0 Å². The quantitative estimate of drug-likeness (QED) is 0.563. The van der Waals surface area contributed by atoms with Crippen LogP contribution < -0.4 is 11.1 Å². The molecule has 0 radical (unpaired) electrons. The number of aryl methyl sites for hydroxylation is 1. The zero-order valence-corrected chi connectivity index (χ0v) is 12.4. The minimum atomic E-state index is -0.303. The number of hydrogen-bond donors (Lipinski definition) is 3. The Labute approximate surface area is 124 Å². The minimum Gasteiger partial charge on any atom is -0.507 e. The molecule has 2 aromatic rings. The summed E-state index contributed by atoms with van der Waals surface area (Å²) in [5.41, 5.74) is 8.33. The number of hydrogen-bond acceptors (Lipinski definition) is 3. The molecule has 0 unspecified atom stereocenters. The highest BCUT2D eigenvalue weighted by molar-refractivity contribution is 14.1. The minimum absolute atomic E-state index is 0.0881. The van der Waals surface area contributed by atoms with Crippen molar-refractivity contribution >= 4 is 39.9 Å². The maximum absolute atomic E-state index is 12.0. The first-order chi connectivity index (χ1) is 8.97. The summed E-state index contributed by atoms with van der Waals surface area (Å²) in [4.78, 5) is 12.0. The number of nitrogens with two attached hydrogens (primary N) is 1. The highest BCUT2D eigenvalue weighted by atomic mass is 127. The fourth-order valence-corrected chi connectivity index (χ4v) is 1.98. The van der Waals surface area contributed by atoms with E-state index in [-0.39, 0.29) is 11.7 Å². The molecule has 0 atom stereocenters. The molecular weight excluding hydrogens is 355 g/mol. The number of carbonyl (C=O) groups is 1. The van der Waals surface area contributed by atoms with Crippen LogP contribution in [0.15, 0.2) is 36.4 Å². The standard InChI is InChI=1S/C14H13IN2O2/c1-8-2-5-12(11(16)6-8)17-14(19)9-3-4-10(15)13(18)7-9/h2-7,18H,16H2,1H3,(H,17,19). The molecule has 0 spiro atoms. The number of amides is 1. The van der Waals surface area contributed by atoms with Crippen LogP contribution in [-0.4, -0.2) is 11.0 Å². The summed E-state index contributed by atoms with van der Waals surface area (Å²) >= 11 is 2.00. The van der Waals surface area contributed by atoms with Crippen molar-refractivity contribution in [3.63, 3.8) is 0 Å². The van der Waals surface area contributed by atoms with Crippen molar-refractivity contribution in [2.45, 2.75) is 6.92 Å². The molecule has 0 saturated carbocycles. The molecule has 2 aromatic carbocycles. The molecular formula is C14H13IN2O2. The van der Waals surface area contributed by atoms with Gasteiger partial charge < -0.3 is 16.2 Å². The topological polar surface area (TPSA) is 75.3 Å². The van der Waals surface area contributed by atoms with Gasteiger partial charge in [0.05, 0.1) is 14.9 Å². The van der Waals surface area contributed by atoms with E-state index in [1.54, 1.807) is 24.3 Å². The molecule has 4 nitrogen and oxygen atoms in total. The van der Waals surface area contributed by atoms with Gasteiger partial charge in [-0.1, -0.05) is 6.07 Å². The Hall–Kier alpha value is -1.76. The number of rotatable bonds is 2. The Bertz CT molecular complexity index is 641. The van der Waals surface area contributed by atoms with Crippen LogP contribution in [0.4, 0.5) is 11.4 Å². The van der Waals surface area contributed by atoms with Crippen molar-refractivity contribution in [3.05, 3.63) is 51.1 Å². The van der Waals surface area contributed by atoms with Crippen molar-refractivity contribution in [3.8, 4) is 5.75 Å². The molecule has 0 aliphatic carbocycles. The molecule has 0 fully saturated rings. The number of nitrogens with one attached hydrogen (secondary N) is 1. The third kappa shape index (κ3) is 3.17. The van der Waals surface area contributed by atoms with E-state index in [1.165, 1.54) is 6.07 Å². The summed E-state index contributed by atoms with van der Waals surface area (Å²) in [5.74, 6) is -0.215. The van der Waals surface area contributed by atoms with Gasteiger partial charge in [-0.2, -0.15) is 0 Å². The predicted molar refractivity (Wildman–Crippen MR) is 84.4 cm³/mol. The Kier molecular flexibility index (Phi) is 3.94.